The molecule has 0 spiro atoms. The highest BCUT2D eigenvalue weighted by Gasteiger charge is 2.39. The molecule has 0 radical (unpaired) electrons. The standard InChI is InChI=1S/C12H24N2/c1-12(2)7-4-11(12)13-10-5-8-14(3)9-6-10/h10-11,13H,4-9H2,1-3H3. The SMILES string of the molecule is CN1CCC(NC2CCC2(C)C)CC1. The Morgan fingerprint density at radius 2 is 1.79 bits per heavy atom. The lowest BCUT2D eigenvalue weighted by molar-refractivity contribution is 0.0852. The number of rotatable bonds is 2. The molecule has 0 bridgehead atoms. The van der Waals surface area contributed by atoms with Gasteiger partial charge < -0.3 is 10.2 Å². The third-order valence-corrected chi connectivity index (χ3v) is 4.18. The van der Waals surface area contributed by atoms with E-state index in [0.29, 0.717) is 5.41 Å². The minimum absolute atomic E-state index is 0.559. The Hall–Kier alpha value is -0.0800. The molecule has 2 rings (SSSR count). The van der Waals surface area contributed by atoms with Crippen molar-refractivity contribution in [1.29, 1.82) is 0 Å². The fraction of sp³-hybridized carbons (Fsp3) is 1.00. The zero-order chi connectivity index (χ0) is 10.2. The van der Waals surface area contributed by atoms with Crippen LogP contribution in [0.25, 0.3) is 0 Å². The first-order chi connectivity index (χ1) is 6.58. The summed E-state index contributed by atoms with van der Waals surface area (Å²) in [5.41, 5.74) is 0.559. The summed E-state index contributed by atoms with van der Waals surface area (Å²) < 4.78 is 0. The zero-order valence-electron chi connectivity index (χ0n) is 9.84. The van der Waals surface area contributed by atoms with E-state index >= 15 is 0 Å². The van der Waals surface area contributed by atoms with Gasteiger partial charge in [0.1, 0.15) is 0 Å². The molecule has 0 aromatic carbocycles. The number of piperidine rings is 1. The molecule has 1 aliphatic carbocycles. The molecule has 2 fully saturated rings. The summed E-state index contributed by atoms with van der Waals surface area (Å²) >= 11 is 0. The summed E-state index contributed by atoms with van der Waals surface area (Å²) in [6.45, 7) is 7.32. The van der Waals surface area contributed by atoms with Crippen molar-refractivity contribution in [3.63, 3.8) is 0 Å². The first-order valence-electron chi connectivity index (χ1n) is 6.02. The maximum atomic E-state index is 3.84. The van der Waals surface area contributed by atoms with Crippen LogP contribution in [0.4, 0.5) is 0 Å². The van der Waals surface area contributed by atoms with E-state index in [1.807, 2.05) is 0 Å². The van der Waals surface area contributed by atoms with Crippen LogP contribution in [0.1, 0.15) is 39.5 Å². The van der Waals surface area contributed by atoms with Crippen LogP contribution < -0.4 is 5.32 Å². The van der Waals surface area contributed by atoms with E-state index in [1.165, 1.54) is 38.8 Å². The summed E-state index contributed by atoms with van der Waals surface area (Å²) in [6.07, 6.45) is 5.46. The molecule has 2 aliphatic rings. The molecule has 14 heavy (non-hydrogen) atoms. The Morgan fingerprint density at radius 1 is 1.14 bits per heavy atom. The van der Waals surface area contributed by atoms with E-state index in [2.05, 4.69) is 31.1 Å². The quantitative estimate of drug-likeness (QED) is 0.725. The molecule has 2 nitrogen and oxygen atoms in total. The van der Waals surface area contributed by atoms with Crippen LogP contribution in [-0.4, -0.2) is 37.1 Å². The average molecular weight is 196 g/mol. The monoisotopic (exact) mass is 196 g/mol. The molecule has 1 saturated heterocycles. The van der Waals surface area contributed by atoms with Crippen molar-refractivity contribution in [3.8, 4) is 0 Å². The van der Waals surface area contributed by atoms with Gasteiger partial charge >= 0.3 is 0 Å². The van der Waals surface area contributed by atoms with Crippen molar-refractivity contribution in [2.45, 2.75) is 51.6 Å². The van der Waals surface area contributed by atoms with Crippen molar-refractivity contribution in [3.05, 3.63) is 0 Å². The molecule has 1 N–H and O–H groups in total. The normalized spacial score (nSPS) is 34.1. The van der Waals surface area contributed by atoms with Gasteiger partial charge in [-0.25, -0.2) is 0 Å². The van der Waals surface area contributed by atoms with Crippen molar-refractivity contribution < 1.29 is 0 Å². The zero-order valence-corrected chi connectivity index (χ0v) is 9.84. The lowest BCUT2D eigenvalue weighted by atomic mass is 9.67. The van der Waals surface area contributed by atoms with Crippen LogP contribution in [0.3, 0.4) is 0 Å². The predicted molar refractivity (Wildman–Crippen MR) is 60.5 cm³/mol. The second kappa shape index (κ2) is 3.82. The highest BCUT2D eigenvalue weighted by atomic mass is 15.1. The lowest BCUT2D eigenvalue weighted by Gasteiger charge is -2.47. The van der Waals surface area contributed by atoms with Gasteiger partial charge in [-0.05, 0) is 51.2 Å². The summed E-state index contributed by atoms with van der Waals surface area (Å²) in [4.78, 5) is 2.43. The predicted octanol–water partition coefficient (Wildman–Crippen LogP) is 1.86. The fourth-order valence-electron chi connectivity index (χ4n) is 2.63. The molecule has 0 aromatic heterocycles. The van der Waals surface area contributed by atoms with E-state index in [0.717, 1.165) is 12.1 Å². The van der Waals surface area contributed by atoms with Gasteiger partial charge in [0.15, 0.2) is 0 Å². The summed E-state index contributed by atoms with van der Waals surface area (Å²) in [5.74, 6) is 0. The Labute approximate surface area is 88.1 Å². The third-order valence-electron chi connectivity index (χ3n) is 4.18. The summed E-state index contributed by atoms with van der Waals surface area (Å²) in [5, 5.41) is 3.84. The largest absolute Gasteiger partial charge is 0.311 e. The van der Waals surface area contributed by atoms with Gasteiger partial charge in [-0.15, -0.1) is 0 Å². The molecule has 0 aromatic rings. The fourth-order valence-corrected chi connectivity index (χ4v) is 2.63. The third kappa shape index (κ3) is 2.12. The van der Waals surface area contributed by atoms with Crippen LogP contribution in [0, 0.1) is 5.41 Å². The Bertz CT molecular complexity index is 192. The average Bonchev–Trinajstić information content (AvgIpc) is 2.15. The summed E-state index contributed by atoms with van der Waals surface area (Å²) in [6, 6.07) is 1.58. The molecule has 0 amide bonds. The van der Waals surface area contributed by atoms with Crippen molar-refractivity contribution in [2.24, 2.45) is 5.41 Å². The molecule has 1 unspecified atom stereocenters. The van der Waals surface area contributed by atoms with Crippen LogP contribution in [0.5, 0.6) is 0 Å². The molecule has 1 saturated carbocycles. The van der Waals surface area contributed by atoms with Gasteiger partial charge in [0.25, 0.3) is 0 Å². The minimum Gasteiger partial charge on any atom is -0.311 e. The van der Waals surface area contributed by atoms with Gasteiger partial charge in [0.05, 0.1) is 0 Å². The van der Waals surface area contributed by atoms with Crippen LogP contribution in [-0.2, 0) is 0 Å². The molecule has 1 aliphatic heterocycles. The second-order valence-electron chi connectivity index (χ2n) is 5.82. The maximum absolute atomic E-state index is 3.84. The number of nitrogens with one attached hydrogen (secondary N) is 1. The Morgan fingerprint density at radius 3 is 2.21 bits per heavy atom. The topological polar surface area (TPSA) is 15.3 Å². The first kappa shape index (κ1) is 10.4. The second-order valence-corrected chi connectivity index (χ2v) is 5.82. The van der Waals surface area contributed by atoms with Gasteiger partial charge in [-0.2, -0.15) is 0 Å². The van der Waals surface area contributed by atoms with Crippen molar-refractivity contribution in [2.75, 3.05) is 20.1 Å². The van der Waals surface area contributed by atoms with Gasteiger partial charge in [0.2, 0.25) is 0 Å². The number of hydrogen-bond donors (Lipinski definition) is 1. The lowest BCUT2D eigenvalue weighted by Crippen LogP contribution is -2.55. The molecule has 2 heteroatoms. The minimum atomic E-state index is 0.559. The molecule has 1 atom stereocenters. The van der Waals surface area contributed by atoms with E-state index in [9.17, 15) is 0 Å². The molecule has 82 valence electrons. The number of hydrogen-bond acceptors (Lipinski definition) is 2. The maximum Gasteiger partial charge on any atom is 0.0121 e. The molecule has 1 heterocycles. The van der Waals surface area contributed by atoms with E-state index in [4.69, 9.17) is 0 Å². The first-order valence-corrected chi connectivity index (χ1v) is 6.02. The van der Waals surface area contributed by atoms with E-state index < -0.39 is 0 Å². The highest BCUT2D eigenvalue weighted by Crippen LogP contribution is 2.40. The molecular formula is C12H24N2. The molecular weight excluding hydrogens is 172 g/mol. The van der Waals surface area contributed by atoms with E-state index in [1.54, 1.807) is 0 Å². The van der Waals surface area contributed by atoms with Crippen molar-refractivity contribution >= 4 is 0 Å². The smallest absolute Gasteiger partial charge is 0.0121 e. The van der Waals surface area contributed by atoms with Gasteiger partial charge in [0, 0.05) is 12.1 Å². The Kier molecular flexibility index (Phi) is 2.85. The van der Waals surface area contributed by atoms with Crippen LogP contribution >= 0.6 is 0 Å². The van der Waals surface area contributed by atoms with Gasteiger partial charge in [-0.3, -0.25) is 0 Å². The summed E-state index contributed by atoms with van der Waals surface area (Å²) in [7, 11) is 2.23. The van der Waals surface area contributed by atoms with Gasteiger partial charge in [-0.1, -0.05) is 13.8 Å². The van der Waals surface area contributed by atoms with Crippen LogP contribution in [0.2, 0.25) is 0 Å². The van der Waals surface area contributed by atoms with Crippen molar-refractivity contribution in [1.82, 2.24) is 10.2 Å². The number of nitrogens with zero attached hydrogens (tertiary/aromatic N) is 1. The number of likely N-dealkylation sites (tertiary alicyclic amines) is 1. The van der Waals surface area contributed by atoms with Crippen LogP contribution in [0.15, 0.2) is 0 Å². The highest BCUT2D eigenvalue weighted by molar-refractivity contribution is 4.96. The Balaban J connectivity index is 1.76. The van der Waals surface area contributed by atoms with E-state index in [-0.39, 0.29) is 0 Å².